The molecule has 49 heavy (non-hydrogen) atoms. The molecule has 1 aliphatic carbocycles. The van der Waals surface area contributed by atoms with Gasteiger partial charge >= 0.3 is 0 Å². The number of hydrogen-bond acceptors (Lipinski definition) is 5. The number of thiophene rings is 1. The zero-order valence-corrected chi connectivity index (χ0v) is 29.6. The number of primary amides is 1. The molecular formula is C40H47F2N3O3S. The molecule has 0 saturated carbocycles. The molecule has 4 atom stereocenters. The Bertz CT molecular complexity index is 1780. The van der Waals surface area contributed by atoms with Gasteiger partial charge in [0, 0.05) is 41.2 Å². The van der Waals surface area contributed by atoms with Crippen molar-refractivity contribution in [3.05, 3.63) is 107 Å². The van der Waals surface area contributed by atoms with Crippen molar-refractivity contribution in [2.45, 2.75) is 78.0 Å². The summed E-state index contributed by atoms with van der Waals surface area (Å²) < 4.78 is 30.2. The van der Waals surface area contributed by atoms with Crippen LogP contribution in [0, 0.1) is 23.0 Å². The Labute approximate surface area is 292 Å². The maximum atomic E-state index is 15.1. The fourth-order valence-electron chi connectivity index (χ4n) is 7.74. The average molecular weight is 688 g/mol. The molecule has 2 amide bonds. The molecule has 1 heterocycles. The quantitative estimate of drug-likeness (QED) is 0.118. The maximum absolute atomic E-state index is 15.1. The monoisotopic (exact) mass is 687 g/mol. The molecular weight excluding hydrogens is 641 g/mol. The lowest BCUT2D eigenvalue weighted by Crippen LogP contribution is -2.69. The van der Waals surface area contributed by atoms with Crippen molar-refractivity contribution in [3.63, 3.8) is 0 Å². The second kappa shape index (κ2) is 15.3. The number of aliphatic hydroxyl groups excluding tert-OH is 1. The van der Waals surface area contributed by atoms with E-state index in [0.717, 1.165) is 40.5 Å². The Morgan fingerprint density at radius 2 is 1.69 bits per heavy atom. The van der Waals surface area contributed by atoms with E-state index in [4.69, 9.17) is 5.73 Å². The molecule has 0 saturated heterocycles. The molecule has 260 valence electrons. The number of carbonyl (C=O) groups is 2. The van der Waals surface area contributed by atoms with Crippen molar-refractivity contribution in [2.24, 2.45) is 17.1 Å². The number of halogens is 2. The third kappa shape index (κ3) is 7.79. The standard InChI is InChI=1S/C40H47F2N3O3S/c1-5-14-45(15-6-2)38(48)40(44-25-28-10-9-12-30(17-28)35-20-31-11-7-8-13-34(31)49-35)23-26(3)22-39(37(43)47,36(40)16-27(4)46)24-29-18-32(41)21-33(42)19-29/h7-13,17-22,27,36,44,46H,5-6,14-16,23-25H2,1-4H3,(H2,43,47)/t27?,36-,39-,40?/m1/s1. The molecule has 4 aromatic rings. The highest BCUT2D eigenvalue weighted by molar-refractivity contribution is 7.22. The van der Waals surface area contributed by atoms with Crippen LogP contribution in [0.4, 0.5) is 8.78 Å². The van der Waals surface area contributed by atoms with Crippen molar-refractivity contribution in [1.82, 2.24) is 10.2 Å². The summed E-state index contributed by atoms with van der Waals surface area (Å²) in [6.45, 7) is 8.84. The summed E-state index contributed by atoms with van der Waals surface area (Å²) >= 11 is 1.72. The number of amides is 2. The normalized spacial score (nSPS) is 21.4. The van der Waals surface area contributed by atoms with Gasteiger partial charge in [0.1, 0.15) is 17.2 Å². The van der Waals surface area contributed by atoms with Crippen molar-refractivity contribution in [2.75, 3.05) is 13.1 Å². The molecule has 4 N–H and O–H groups in total. The van der Waals surface area contributed by atoms with E-state index in [1.54, 1.807) is 24.3 Å². The summed E-state index contributed by atoms with van der Waals surface area (Å²) in [6.07, 6.45) is 2.52. The Hall–Kier alpha value is -3.92. The minimum atomic E-state index is -1.54. The predicted octanol–water partition coefficient (Wildman–Crippen LogP) is 7.78. The number of nitrogens with one attached hydrogen (secondary N) is 1. The largest absolute Gasteiger partial charge is 0.393 e. The SMILES string of the molecule is CCCN(CCC)C(=O)C1(NCc2cccc(-c3cc4ccccc4s3)c2)CC(C)=C[C@](Cc2cc(F)cc(F)c2)(C(N)=O)[C@H]1CC(C)O. The second-order valence-corrected chi connectivity index (χ2v) is 14.7. The summed E-state index contributed by atoms with van der Waals surface area (Å²) in [6, 6.07) is 21.8. The Kier molecular flexibility index (Phi) is 11.4. The molecule has 0 radical (unpaired) electrons. The van der Waals surface area contributed by atoms with Crippen LogP contribution in [-0.4, -0.2) is 46.6 Å². The van der Waals surface area contributed by atoms with E-state index in [0.29, 0.717) is 19.6 Å². The van der Waals surface area contributed by atoms with Gasteiger partial charge in [0.15, 0.2) is 0 Å². The van der Waals surface area contributed by atoms with Crippen LogP contribution in [0.5, 0.6) is 0 Å². The van der Waals surface area contributed by atoms with Crippen molar-refractivity contribution < 1.29 is 23.5 Å². The topological polar surface area (TPSA) is 95.7 Å². The van der Waals surface area contributed by atoms with Crippen molar-refractivity contribution in [1.29, 1.82) is 0 Å². The Morgan fingerprint density at radius 3 is 2.33 bits per heavy atom. The molecule has 0 fully saturated rings. The molecule has 6 nitrogen and oxygen atoms in total. The van der Waals surface area contributed by atoms with Crippen LogP contribution in [-0.2, 0) is 22.6 Å². The van der Waals surface area contributed by atoms with E-state index in [1.807, 2.05) is 49.9 Å². The first-order chi connectivity index (χ1) is 23.4. The highest BCUT2D eigenvalue weighted by Gasteiger charge is 2.60. The van der Waals surface area contributed by atoms with E-state index >= 15 is 4.79 Å². The molecule has 3 aromatic carbocycles. The summed E-state index contributed by atoms with van der Waals surface area (Å²) in [5.41, 5.74) is 6.38. The first-order valence-corrected chi connectivity index (χ1v) is 18.0. The van der Waals surface area contributed by atoms with Crippen LogP contribution in [0.25, 0.3) is 20.5 Å². The van der Waals surface area contributed by atoms with Gasteiger partial charge in [-0.25, -0.2) is 8.78 Å². The Balaban J connectivity index is 1.63. The van der Waals surface area contributed by atoms with Crippen LogP contribution in [0.15, 0.2) is 84.4 Å². The van der Waals surface area contributed by atoms with Crippen molar-refractivity contribution in [3.8, 4) is 10.4 Å². The van der Waals surface area contributed by atoms with Crippen LogP contribution in [0.2, 0.25) is 0 Å². The number of carbonyl (C=O) groups excluding carboxylic acids is 2. The third-order valence-electron chi connectivity index (χ3n) is 9.63. The molecule has 0 aliphatic heterocycles. The van der Waals surface area contributed by atoms with Crippen LogP contribution in [0.1, 0.15) is 64.5 Å². The molecule has 0 bridgehead atoms. The number of fused-ring (bicyclic) bond motifs is 1. The van der Waals surface area contributed by atoms with Crippen LogP contribution < -0.4 is 11.1 Å². The fraction of sp³-hybridized carbons (Fsp3) is 0.400. The number of aliphatic hydroxyl groups is 1. The van der Waals surface area contributed by atoms with Gasteiger partial charge in [-0.2, -0.15) is 0 Å². The second-order valence-electron chi connectivity index (χ2n) is 13.6. The van der Waals surface area contributed by atoms with Gasteiger partial charge in [-0.15, -0.1) is 11.3 Å². The molecule has 1 aliphatic rings. The van der Waals surface area contributed by atoms with E-state index in [9.17, 15) is 18.7 Å². The molecule has 5 rings (SSSR count). The minimum Gasteiger partial charge on any atom is -0.393 e. The molecule has 2 unspecified atom stereocenters. The van der Waals surface area contributed by atoms with Gasteiger partial charge in [-0.1, -0.05) is 61.9 Å². The van der Waals surface area contributed by atoms with E-state index in [2.05, 4.69) is 35.6 Å². The highest BCUT2D eigenvalue weighted by Crippen LogP contribution is 2.50. The summed E-state index contributed by atoms with van der Waals surface area (Å²) in [4.78, 5) is 31.9. The Morgan fingerprint density at radius 1 is 1.00 bits per heavy atom. The zero-order chi connectivity index (χ0) is 35.3. The third-order valence-corrected chi connectivity index (χ3v) is 10.8. The lowest BCUT2D eigenvalue weighted by Gasteiger charge is -2.53. The van der Waals surface area contributed by atoms with Gasteiger partial charge in [-0.05, 0) is 98.4 Å². The molecule has 0 spiro atoms. The van der Waals surface area contributed by atoms with Gasteiger partial charge in [-0.3, -0.25) is 14.9 Å². The predicted molar refractivity (Wildman–Crippen MR) is 194 cm³/mol. The molecule has 9 heteroatoms. The lowest BCUT2D eigenvalue weighted by atomic mass is 9.55. The number of nitrogens with zero attached hydrogens (tertiary/aromatic N) is 1. The first-order valence-electron chi connectivity index (χ1n) is 17.1. The van der Waals surface area contributed by atoms with Gasteiger partial charge in [0.05, 0.1) is 11.5 Å². The fourth-order valence-corrected chi connectivity index (χ4v) is 8.80. The minimum absolute atomic E-state index is 0.0528. The smallest absolute Gasteiger partial charge is 0.243 e. The van der Waals surface area contributed by atoms with Crippen LogP contribution >= 0.6 is 11.3 Å². The summed E-state index contributed by atoms with van der Waals surface area (Å²) in [5, 5.41) is 15.8. The lowest BCUT2D eigenvalue weighted by molar-refractivity contribution is -0.148. The maximum Gasteiger partial charge on any atom is 0.243 e. The van der Waals surface area contributed by atoms with Crippen molar-refractivity contribution >= 4 is 33.2 Å². The van der Waals surface area contributed by atoms with E-state index < -0.39 is 40.5 Å². The highest BCUT2D eigenvalue weighted by atomic mass is 32.1. The summed E-state index contributed by atoms with van der Waals surface area (Å²) in [7, 11) is 0. The van der Waals surface area contributed by atoms with E-state index in [-0.39, 0.29) is 30.7 Å². The summed E-state index contributed by atoms with van der Waals surface area (Å²) in [5.74, 6) is -3.28. The average Bonchev–Trinajstić information content (AvgIpc) is 3.49. The first kappa shape index (κ1) is 36.4. The number of hydrogen-bond donors (Lipinski definition) is 3. The van der Waals surface area contributed by atoms with Gasteiger partial charge in [0.2, 0.25) is 11.8 Å². The number of benzene rings is 3. The van der Waals surface area contributed by atoms with Gasteiger partial charge < -0.3 is 15.7 Å². The molecule has 1 aromatic heterocycles. The van der Waals surface area contributed by atoms with Gasteiger partial charge in [0.25, 0.3) is 0 Å². The number of rotatable bonds is 14. The van der Waals surface area contributed by atoms with E-state index in [1.165, 1.54) is 22.2 Å². The zero-order valence-electron chi connectivity index (χ0n) is 28.8. The van der Waals surface area contributed by atoms with Crippen LogP contribution in [0.3, 0.4) is 0 Å². The number of nitrogens with two attached hydrogens (primary N) is 1.